The molecule has 3 heteroatoms. The number of hydrogen-bond acceptors (Lipinski definition) is 2. The number of halogens is 1. The van der Waals surface area contributed by atoms with E-state index in [2.05, 4.69) is 5.32 Å². The molecule has 1 aromatic carbocycles. The van der Waals surface area contributed by atoms with Gasteiger partial charge in [0.15, 0.2) is 0 Å². The van der Waals surface area contributed by atoms with E-state index in [1.54, 1.807) is 0 Å². The molecule has 0 saturated carbocycles. The maximum atomic E-state index is 5.81. The maximum Gasteiger partial charge on any atom is 0.0511 e. The van der Waals surface area contributed by atoms with Crippen LogP contribution in [0.3, 0.4) is 0 Å². The largest absolute Gasteiger partial charge is 0.385 e. The summed E-state index contributed by atoms with van der Waals surface area (Å²) in [5.41, 5.74) is 1.13. The van der Waals surface area contributed by atoms with Gasteiger partial charge in [0.2, 0.25) is 0 Å². The number of anilines is 1. The van der Waals surface area contributed by atoms with E-state index < -0.39 is 0 Å². The van der Waals surface area contributed by atoms with Crippen molar-refractivity contribution in [1.82, 2.24) is 0 Å². The van der Waals surface area contributed by atoms with Crippen LogP contribution in [0.25, 0.3) is 0 Å². The highest BCUT2D eigenvalue weighted by Crippen LogP contribution is 2.17. The van der Waals surface area contributed by atoms with Gasteiger partial charge in [0.1, 0.15) is 0 Å². The van der Waals surface area contributed by atoms with Crippen molar-refractivity contribution in [3.8, 4) is 0 Å². The molecule has 1 aliphatic rings. The van der Waals surface area contributed by atoms with Crippen molar-refractivity contribution >= 4 is 17.3 Å². The summed E-state index contributed by atoms with van der Waals surface area (Å²) in [4.78, 5) is 0. The normalized spacial score (nSPS) is 21.3. The van der Waals surface area contributed by atoms with Crippen molar-refractivity contribution in [2.75, 3.05) is 25.1 Å². The molecule has 1 unspecified atom stereocenters. The Labute approximate surface area is 95.6 Å². The molecule has 1 saturated heterocycles. The van der Waals surface area contributed by atoms with Crippen LogP contribution in [-0.2, 0) is 4.74 Å². The van der Waals surface area contributed by atoms with Gasteiger partial charge in [-0.25, -0.2) is 0 Å². The second kappa shape index (κ2) is 5.38. The first kappa shape index (κ1) is 10.8. The quantitative estimate of drug-likeness (QED) is 0.853. The second-order valence-electron chi connectivity index (χ2n) is 3.97. The van der Waals surface area contributed by atoms with Gasteiger partial charge in [-0.15, -0.1) is 0 Å². The van der Waals surface area contributed by atoms with Crippen LogP contribution in [0.2, 0.25) is 5.02 Å². The molecule has 0 bridgehead atoms. The smallest absolute Gasteiger partial charge is 0.0511 e. The first-order valence-electron chi connectivity index (χ1n) is 5.42. The van der Waals surface area contributed by atoms with Crippen molar-refractivity contribution < 1.29 is 4.74 Å². The van der Waals surface area contributed by atoms with Crippen LogP contribution in [-0.4, -0.2) is 19.8 Å². The minimum atomic E-state index is 0.648. The summed E-state index contributed by atoms with van der Waals surface area (Å²) in [6.07, 6.45) is 2.45. The first-order chi connectivity index (χ1) is 7.34. The third-order valence-electron chi connectivity index (χ3n) is 2.69. The third kappa shape index (κ3) is 3.40. The summed E-state index contributed by atoms with van der Waals surface area (Å²) in [5.74, 6) is 0.648. The summed E-state index contributed by atoms with van der Waals surface area (Å²) >= 11 is 5.81. The van der Waals surface area contributed by atoms with E-state index in [1.165, 1.54) is 12.8 Å². The van der Waals surface area contributed by atoms with Crippen molar-refractivity contribution in [1.29, 1.82) is 0 Å². The van der Waals surface area contributed by atoms with E-state index >= 15 is 0 Å². The molecule has 2 rings (SSSR count). The Kier molecular flexibility index (Phi) is 3.87. The topological polar surface area (TPSA) is 21.3 Å². The van der Waals surface area contributed by atoms with E-state index in [4.69, 9.17) is 16.3 Å². The molecule has 15 heavy (non-hydrogen) atoms. The Morgan fingerprint density at radius 3 is 2.80 bits per heavy atom. The van der Waals surface area contributed by atoms with Crippen LogP contribution in [0, 0.1) is 5.92 Å². The Morgan fingerprint density at radius 1 is 1.33 bits per heavy atom. The van der Waals surface area contributed by atoms with Crippen LogP contribution >= 0.6 is 11.6 Å². The monoisotopic (exact) mass is 225 g/mol. The van der Waals surface area contributed by atoms with Gasteiger partial charge in [0.25, 0.3) is 0 Å². The van der Waals surface area contributed by atoms with Gasteiger partial charge >= 0.3 is 0 Å². The standard InChI is InChI=1S/C12H16ClNO/c13-11-3-5-12(6-4-11)14-8-10-2-1-7-15-9-10/h3-6,10,14H,1-2,7-9H2. The van der Waals surface area contributed by atoms with Crippen LogP contribution < -0.4 is 5.32 Å². The zero-order valence-electron chi connectivity index (χ0n) is 8.71. The Morgan fingerprint density at radius 2 is 2.13 bits per heavy atom. The molecular formula is C12H16ClNO. The fourth-order valence-electron chi connectivity index (χ4n) is 1.80. The number of nitrogens with one attached hydrogen (secondary N) is 1. The predicted octanol–water partition coefficient (Wildman–Crippen LogP) is 3.18. The molecule has 1 aromatic rings. The summed E-state index contributed by atoms with van der Waals surface area (Å²) in [5, 5.41) is 4.18. The summed E-state index contributed by atoms with van der Waals surface area (Å²) < 4.78 is 5.43. The molecule has 1 atom stereocenters. The lowest BCUT2D eigenvalue weighted by molar-refractivity contribution is 0.0595. The number of hydrogen-bond donors (Lipinski definition) is 1. The predicted molar refractivity (Wildman–Crippen MR) is 63.5 cm³/mol. The summed E-state index contributed by atoms with van der Waals surface area (Å²) in [7, 11) is 0. The minimum Gasteiger partial charge on any atom is -0.385 e. The molecule has 0 aromatic heterocycles. The van der Waals surface area contributed by atoms with Crippen LogP contribution in [0.4, 0.5) is 5.69 Å². The lowest BCUT2D eigenvalue weighted by Crippen LogP contribution is -2.24. The average Bonchev–Trinajstić information content (AvgIpc) is 2.30. The van der Waals surface area contributed by atoms with E-state index in [0.717, 1.165) is 30.5 Å². The third-order valence-corrected chi connectivity index (χ3v) is 2.95. The lowest BCUT2D eigenvalue weighted by atomic mass is 10.0. The van der Waals surface area contributed by atoms with E-state index in [1.807, 2.05) is 24.3 Å². The Balaban J connectivity index is 1.79. The van der Waals surface area contributed by atoms with Gasteiger partial charge in [0, 0.05) is 23.9 Å². The Bertz CT molecular complexity index is 293. The summed E-state index contributed by atoms with van der Waals surface area (Å²) in [6.45, 7) is 2.81. The lowest BCUT2D eigenvalue weighted by Gasteiger charge is -2.22. The molecule has 82 valence electrons. The molecule has 1 heterocycles. The van der Waals surface area contributed by atoms with Crippen LogP contribution in [0.15, 0.2) is 24.3 Å². The zero-order chi connectivity index (χ0) is 10.5. The molecule has 2 nitrogen and oxygen atoms in total. The summed E-state index contributed by atoms with van der Waals surface area (Å²) in [6, 6.07) is 7.82. The van der Waals surface area contributed by atoms with Gasteiger partial charge in [-0.3, -0.25) is 0 Å². The van der Waals surface area contributed by atoms with Gasteiger partial charge in [-0.05, 0) is 43.0 Å². The van der Waals surface area contributed by atoms with E-state index in [9.17, 15) is 0 Å². The van der Waals surface area contributed by atoms with Crippen molar-refractivity contribution in [3.05, 3.63) is 29.3 Å². The van der Waals surface area contributed by atoms with Gasteiger partial charge in [0.05, 0.1) is 6.61 Å². The highest BCUT2D eigenvalue weighted by Gasteiger charge is 2.12. The van der Waals surface area contributed by atoms with Gasteiger partial charge < -0.3 is 10.1 Å². The molecular weight excluding hydrogens is 210 g/mol. The van der Waals surface area contributed by atoms with Crippen molar-refractivity contribution in [2.24, 2.45) is 5.92 Å². The van der Waals surface area contributed by atoms with Gasteiger partial charge in [-0.1, -0.05) is 11.6 Å². The van der Waals surface area contributed by atoms with Crippen LogP contribution in [0.5, 0.6) is 0 Å². The van der Waals surface area contributed by atoms with Gasteiger partial charge in [-0.2, -0.15) is 0 Å². The van der Waals surface area contributed by atoms with Crippen molar-refractivity contribution in [3.63, 3.8) is 0 Å². The highest BCUT2D eigenvalue weighted by atomic mass is 35.5. The number of rotatable bonds is 3. The molecule has 0 aliphatic carbocycles. The van der Waals surface area contributed by atoms with Crippen molar-refractivity contribution in [2.45, 2.75) is 12.8 Å². The van der Waals surface area contributed by atoms with E-state index in [-0.39, 0.29) is 0 Å². The van der Waals surface area contributed by atoms with E-state index in [0.29, 0.717) is 5.92 Å². The average molecular weight is 226 g/mol. The molecule has 1 aliphatic heterocycles. The number of benzene rings is 1. The SMILES string of the molecule is Clc1ccc(NCC2CCCOC2)cc1. The molecule has 1 N–H and O–H groups in total. The molecule has 0 radical (unpaired) electrons. The first-order valence-corrected chi connectivity index (χ1v) is 5.79. The highest BCUT2D eigenvalue weighted by molar-refractivity contribution is 6.30. The molecule has 0 amide bonds. The van der Waals surface area contributed by atoms with Crippen LogP contribution in [0.1, 0.15) is 12.8 Å². The second-order valence-corrected chi connectivity index (χ2v) is 4.41. The minimum absolute atomic E-state index is 0.648. The fraction of sp³-hybridized carbons (Fsp3) is 0.500. The number of ether oxygens (including phenoxy) is 1. The molecule has 0 spiro atoms. The Hall–Kier alpha value is -0.730. The fourth-order valence-corrected chi connectivity index (χ4v) is 1.92. The maximum absolute atomic E-state index is 5.81. The zero-order valence-corrected chi connectivity index (χ0v) is 9.46. The molecule has 1 fully saturated rings.